The molecule has 2 aromatic heterocycles. The van der Waals surface area contributed by atoms with Crippen LogP contribution in [-0.2, 0) is 13.0 Å². The normalized spacial score (nSPS) is 13.5. The molecule has 0 spiro atoms. The van der Waals surface area contributed by atoms with Crippen molar-refractivity contribution in [2.75, 3.05) is 6.54 Å². The molecule has 0 atom stereocenters. The van der Waals surface area contributed by atoms with E-state index in [1.165, 1.54) is 16.7 Å². The highest BCUT2D eigenvalue weighted by Crippen LogP contribution is 2.26. The molecule has 1 N–H and O–H groups in total. The molecule has 2 aromatic carbocycles. The molecule has 4 aromatic rings. The maximum Gasteiger partial charge on any atom is 0.331 e. The third-order valence-electron chi connectivity index (χ3n) is 5.32. The summed E-state index contributed by atoms with van der Waals surface area (Å²) in [4.78, 5) is 34.4. The van der Waals surface area contributed by atoms with Crippen LogP contribution in [0.25, 0.3) is 16.9 Å². The van der Waals surface area contributed by atoms with Crippen molar-refractivity contribution in [1.82, 2.24) is 19.3 Å². The smallest absolute Gasteiger partial charge is 0.331 e. The number of halogens is 2. The van der Waals surface area contributed by atoms with Crippen LogP contribution in [0.15, 0.2) is 59.5 Å². The number of nitrogens with one attached hydrogen (secondary N) is 1. The molecule has 0 radical (unpaired) electrons. The first-order valence-electron chi connectivity index (χ1n) is 9.44. The maximum absolute atomic E-state index is 13.7. The Labute approximate surface area is 169 Å². The van der Waals surface area contributed by atoms with Crippen LogP contribution in [-0.4, -0.2) is 31.7 Å². The lowest BCUT2D eigenvalue weighted by Crippen LogP contribution is -2.38. The molecule has 6 nitrogen and oxygen atoms in total. The SMILES string of the molecule is O=C(c1ccccc1)N1CCc2[nH]c(=O)n3cc(-c4ccc(F)c(F)c4)nc3c2C1. The highest BCUT2D eigenvalue weighted by molar-refractivity contribution is 5.94. The van der Waals surface area contributed by atoms with Gasteiger partial charge in [-0.25, -0.2) is 18.6 Å². The third-order valence-corrected chi connectivity index (χ3v) is 5.32. The Bertz CT molecular complexity index is 1340. The summed E-state index contributed by atoms with van der Waals surface area (Å²) >= 11 is 0. The van der Waals surface area contributed by atoms with E-state index in [-0.39, 0.29) is 18.1 Å². The second-order valence-electron chi connectivity index (χ2n) is 7.18. The third kappa shape index (κ3) is 2.97. The zero-order valence-electron chi connectivity index (χ0n) is 15.7. The van der Waals surface area contributed by atoms with Gasteiger partial charge in [-0.15, -0.1) is 0 Å². The number of benzene rings is 2. The molecule has 0 saturated carbocycles. The Morgan fingerprint density at radius 1 is 1.07 bits per heavy atom. The van der Waals surface area contributed by atoms with Crippen LogP contribution in [0.5, 0.6) is 0 Å². The monoisotopic (exact) mass is 406 g/mol. The second-order valence-corrected chi connectivity index (χ2v) is 7.18. The Hall–Kier alpha value is -3.81. The van der Waals surface area contributed by atoms with Crippen LogP contribution in [0, 0.1) is 11.6 Å². The fraction of sp³-hybridized carbons (Fsp3) is 0.136. The van der Waals surface area contributed by atoms with Gasteiger partial charge in [0.1, 0.15) is 5.65 Å². The van der Waals surface area contributed by atoms with E-state index < -0.39 is 11.6 Å². The molecular formula is C22H16F2N4O2. The minimum absolute atomic E-state index is 0.0991. The summed E-state index contributed by atoms with van der Waals surface area (Å²) in [5, 5.41) is 0. The average Bonchev–Trinajstić information content (AvgIpc) is 3.22. The van der Waals surface area contributed by atoms with Crippen LogP contribution in [0.3, 0.4) is 0 Å². The number of hydrogen-bond donors (Lipinski definition) is 1. The average molecular weight is 406 g/mol. The molecule has 150 valence electrons. The van der Waals surface area contributed by atoms with E-state index >= 15 is 0 Å². The summed E-state index contributed by atoms with van der Waals surface area (Å²) in [7, 11) is 0. The molecule has 1 aliphatic heterocycles. The molecule has 5 rings (SSSR count). The topological polar surface area (TPSA) is 70.5 Å². The van der Waals surface area contributed by atoms with Gasteiger partial charge in [0.2, 0.25) is 0 Å². The molecule has 0 bridgehead atoms. The highest BCUT2D eigenvalue weighted by atomic mass is 19.2. The Balaban J connectivity index is 1.58. The number of aromatic amines is 1. The van der Waals surface area contributed by atoms with Crippen LogP contribution >= 0.6 is 0 Å². The van der Waals surface area contributed by atoms with E-state index in [4.69, 9.17) is 0 Å². The molecular weight excluding hydrogens is 390 g/mol. The van der Waals surface area contributed by atoms with Gasteiger partial charge in [-0.2, -0.15) is 0 Å². The highest BCUT2D eigenvalue weighted by Gasteiger charge is 2.26. The number of rotatable bonds is 2. The van der Waals surface area contributed by atoms with Crippen molar-refractivity contribution in [3.63, 3.8) is 0 Å². The predicted molar refractivity (Wildman–Crippen MR) is 106 cm³/mol. The molecule has 8 heteroatoms. The largest absolute Gasteiger partial charge is 0.334 e. The minimum atomic E-state index is -0.986. The fourth-order valence-electron chi connectivity index (χ4n) is 3.78. The number of aromatic nitrogens is 3. The lowest BCUT2D eigenvalue weighted by molar-refractivity contribution is 0.0734. The number of fused-ring (bicyclic) bond motifs is 3. The first-order valence-corrected chi connectivity index (χ1v) is 9.44. The second kappa shape index (κ2) is 6.91. The Kier molecular flexibility index (Phi) is 4.20. The van der Waals surface area contributed by atoms with Crippen LogP contribution in [0.4, 0.5) is 8.78 Å². The van der Waals surface area contributed by atoms with Crippen molar-refractivity contribution >= 4 is 11.6 Å². The van der Waals surface area contributed by atoms with Crippen molar-refractivity contribution in [2.24, 2.45) is 0 Å². The number of amides is 1. The molecule has 30 heavy (non-hydrogen) atoms. The number of H-pyrrole nitrogens is 1. The van der Waals surface area contributed by atoms with E-state index in [2.05, 4.69) is 9.97 Å². The molecule has 0 unspecified atom stereocenters. The fourth-order valence-corrected chi connectivity index (χ4v) is 3.78. The lowest BCUT2D eigenvalue weighted by Gasteiger charge is -2.28. The Morgan fingerprint density at radius 2 is 1.87 bits per heavy atom. The van der Waals surface area contributed by atoms with Gasteiger partial charge in [-0.3, -0.25) is 9.20 Å². The van der Waals surface area contributed by atoms with Crippen molar-refractivity contribution < 1.29 is 13.6 Å². The van der Waals surface area contributed by atoms with E-state index in [0.717, 1.165) is 23.4 Å². The summed E-state index contributed by atoms with van der Waals surface area (Å²) in [6.07, 6.45) is 1.98. The first-order chi connectivity index (χ1) is 14.5. The van der Waals surface area contributed by atoms with E-state index in [1.807, 2.05) is 18.2 Å². The number of imidazole rings is 1. The first kappa shape index (κ1) is 18.2. The number of hydrogen-bond acceptors (Lipinski definition) is 3. The molecule has 1 aliphatic rings. The van der Waals surface area contributed by atoms with Gasteiger partial charge < -0.3 is 9.88 Å². The zero-order chi connectivity index (χ0) is 20.8. The van der Waals surface area contributed by atoms with E-state index in [9.17, 15) is 18.4 Å². The molecule has 0 aliphatic carbocycles. The molecule has 1 amide bonds. The molecule has 0 saturated heterocycles. The minimum Gasteiger partial charge on any atom is -0.334 e. The van der Waals surface area contributed by atoms with Crippen molar-refractivity contribution in [2.45, 2.75) is 13.0 Å². The number of nitrogens with zero attached hydrogens (tertiary/aromatic N) is 3. The Morgan fingerprint density at radius 3 is 2.63 bits per heavy atom. The maximum atomic E-state index is 13.7. The summed E-state index contributed by atoms with van der Waals surface area (Å²) in [6, 6.07) is 12.5. The van der Waals surface area contributed by atoms with Gasteiger partial charge in [0, 0.05) is 41.5 Å². The zero-order valence-corrected chi connectivity index (χ0v) is 15.7. The van der Waals surface area contributed by atoms with Gasteiger partial charge in [0.25, 0.3) is 5.91 Å². The summed E-state index contributed by atoms with van der Waals surface area (Å²) < 4.78 is 28.3. The molecule has 0 fully saturated rings. The van der Waals surface area contributed by atoms with Crippen molar-refractivity contribution in [3.05, 3.63) is 93.7 Å². The lowest BCUT2D eigenvalue weighted by atomic mass is 10.1. The summed E-state index contributed by atoms with van der Waals surface area (Å²) in [5.74, 6) is -2.04. The quantitative estimate of drug-likeness (QED) is 0.556. The summed E-state index contributed by atoms with van der Waals surface area (Å²) in [5.41, 5.74) is 2.79. The van der Waals surface area contributed by atoms with Crippen molar-refractivity contribution in [1.29, 1.82) is 0 Å². The van der Waals surface area contributed by atoms with Gasteiger partial charge >= 0.3 is 5.69 Å². The summed E-state index contributed by atoms with van der Waals surface area (Å²) in [6.45, 7) is 0.765. The van der Waals surface area contributed by atoms with E-state index in [1.54, 1.807) is 17.0 Å². The number of carbonyl (C=O) groups excluding carboxylic acids is 1. The van der Waals surface area contributed by atoms with Gasteiger partial charge in [0.05, 0.1) is 12.2 Å². The molecule has 3 heterocycles. The van der Waals surface area contributed by atoms with E-state index in [0.29, 0.717) is 35.4 Å². The standard InChI is InChI=1S/C22H16F2N4O2/c23-16-7-6-14(10-17(16)24)19-12-28-20(25-19)15-11-27(9-8-18(15)26-22(28)30)21(29)13-4-2-1-3-5-13/h1-7,10,12H,8-9,11H2,(H,26,30). The van der Waals surface area contributed by atoms with Gasteiger partial charge in [0.15, 0.2) is 11.6 Å². The number of carbonyl (C=O) groups is 1. The van der Waals surface area contributed by atoms with Crippen molar-refractivity contribution in [3.8, 4) is 11.3 Å². The van der Waals surface area contributed by atoms with Crippen LogP contribution in [0.2, 0.25) is 0 Å². The predicted octanol–water partition coefficient (Wildman–Crippen LogP) is 3.17. The van der Waals surface area contributed by atoms with Gasteiger partial charge in [-0.1, -0.05) is 18.2 Å². The van der Waals surface area contributed by atoms with Crippen LogP contribution in [0.1, 0.15) is 21.6 Å². The van der Waals surface area contributed by atoms with Gasteiger partial charge in [-0.05, 0) is 30.3 Å². The van der Waals surface area contributed by atoms with Crippen LogP contribution < -0.4 is 5.69 Å².